The number of nitrogens with zero attached hydrogens (tertiary/aromatic N) is 1. The fraction of sp³-hybridized carbons (Fsp3) is 0.435. The van der Waals surface area contributed by atoms with Gasteiger partial charge in [-0.15, -0.1) is 0 Å². The Morgan fingerprint density at radius 2 is 1.97 bits per heavy atom. The van der Waals surface area contributed by atoms with E-state index in [1.807, 2.05) is 13.8 Å². The van der Waals surface area contributed by atoms with Crippen molar-refractivity contribution in [2.45, 2.75) is 46.6 Å². The van der Waals surface area contributed by atoms with Gasteiger partial charge in [-0.1, -0.05) is 26.8 Å². The summed E-state index contributed by atoms with van der Waals surface area (Å²) in [6, 6.07) is 6.74. The molecule has 7 nitrogen and oxygen atoms in total. The number of hydrogen-bond acceptors (Lipinski definition) is 5. The van der Waals surface area contributed by atoms with Crippen LogP contribution in [0.5, 0.6) is 5.75 Å². The van der Waals surface area contributed by atoms with Gasteiger partial charge in [-0.05, 0) is 50.5 Å². The second-order valence-electron chi connectivity index (χ2n) is 6.95. The smallest absolute Gasteiger partial charge is 0.267 e. The Labute approximate surface area is 188 Å². The molecule has 1 aliphatic heterocycles. The van der Waals surface area contributed by atoms with Crippen LogP contribution >= 0.6 is 0 Å². The number of pyridine rings is 1. The second-order valence-corrected chi connectivity index (χ2v) is 6.95. The molecule has 2 heterocycles. The molecule has 2 amide bonds. The zero-order chi connectivity index (χ0) is 24.7. The third kappa shape index (κ3) is 9.82. The van der Waals surface area contributed by atoms with Crippen molar-refractivity contribution in [1.29, 1.82) is 0 Å². The first-order valence-corrected chi connectivity index (χ1v) is 10.2. The molecule has 0 aliphatic carbocycles. The van der Waals surface area contributed by atoms with Gasteiger partial charge in [-0.25, -0.2) is 4.39 Å². The van der Waals surface area contributed by atoms with Crippen molar-refractivity contribution in [2.75, 3.05) is 19.0 Å². The first-order valence-electron chi connectivity index (χ1n) is 10.2. The molecule has 2 aromatic rings. The number of halogens is 2. The zero-order valence-corrected chi connectivity index (χ0v) is 19.4. The highest BCUT2D eigenvalue weighted by atomic mass is 19.2. The van der Waals surface area contributed by atoms with Crippen molar-refractivity contribution in [3.05, 3.63) is 53.9 Å². The van der Waals surface area contributed by atoms with Gasteiger partial charge in [0.05, 0.1) is 12.7 Å². The van der Waals surface area contributed by atoms with Gasteiger partial charge in [0.15, 0.2) is 11.6 Å². The first-order chi connectivity index (χ1) is 15.1. The minimum Gasteiger partial charge on any atom is -0.494 e. The van der Waals surface area contributed by atoms with Gasteiger partial charge in [0.1, 0.15) is 5.69 Å². The summed E-state index contributed by atoms with van der Waals surface area (Å²) in [5.74, 6) is -1.78. The lowest BCUT2D eigenvalue weighted by Gasteiger charge is -2.21. The predicted octanol–water partition coefficient (Wildman–Crippen LogP) is 4.57. The van der Waals surface area contributed by atoms with Crippen molar-refractivity contribution >= 4 is 18.0 Å². The van der Waals surface area contributed by atoms with Crippen LogP contribution < -0.4 is 15.8 Å². The minimum atomic E-state index is -0.940. The Morgan fingerprint density at radius 3 is 2.38 bits per heavy atom. The van der Waals surface area contributed by atoms with Crippen LogP contribution in [0.2, 0.25) is 0 Å². The summed E-state index contributed by atoms with van der Waals surface area (Å²) in [5.41, 5.74) is 5.74. The number of hydrogen-bond donors (Lipinski definition) is 2. The van der Waals surface area contributed by atoms with E-state index in [0.717, 1.165) is 18.6 Å². The van der Waals surface area contributed by atoms with Crippen LogP contribution in [-0.4, -0.2) is 36.6 Å². The van der Waals surface area contributed by atoms with Gasteiger partial charge in [-0.3, -0.25) is 14.6 Å². The number of nitrogens with one attached hydrogen (secondary N) is 1. The maximum atomic E-state index is 12.5. The third-order valence-corrected chi connectivity index (χ3v) is 4.59. The van der Waals surface area contributed by atoms with Crippen LogP contribution in [0.4, 0.5) is 14.5 Å². The van der Waals surface area contributed by atoms with Gasteiger partial charge >= 0.3 is 0 Å². The van der Waals surface area contributed by atoms with Gasteiger partial charge in [0, 0.05) is 18.5 Å². The molecule has 0 spiro atoms. The van der Waals surface area contributed by atoms with Gasteiger partial charge in [0.2, 0.25) is 12.2 Å². The van der Waals surface area contributed by atoms with Crippen LogP contribution in [0.25, 0.3) is 0 Å². The Kier molecular flexibility index (Phi) is 13.4. The number of rotatable bonds is 4. The molecule has 1 saturated heterocycles. The Balaban J connectivity index is 0.000000441. The van der Waals surface area contributed by atoms with E-state index >= 15 is 0 Å². The lowest BCUT2D eigenvalue weighted by Crippen LogP contribution is -2.24. The van der Waals surface area contributed by atoms with Crippen molar-refractivity contribution in [3.8, 4) is 5.75 Å². The molecule has 1 aromatic carbocycles. The largest absolute Gasteiger partial charge is 0.494 e. The molecule has 3 rings (SSSR count). The lowest BCUT2D eigenvalue weighted by atomic mass is 9.93. The van der Waals surface area contributed by atoms with E-state index in [4.69, 9.17) is 10.5 Å². The molecule has 32 heavy (non-hydrogen) atoms. The van der Waals surface area contributed by atoms with Crippen molar-refractivity contribution in [1.82, 2.24) is 4.98 Å². The molecule has 1 aliphatic rings. The van der Waals surface area contributed by atoms with E-state index in [0.29, 0.717) is 12.1 Å². The first kappa shape index (κ1) is 28.9. The topological polar surface area (TPSA) is 104 Å². The average molecular weight is 454 g/mol. The molecule has 0 radical (unpaired) electrons. The van der Waals surface area contributed by atoms with Gasteiger partial charge < -0.3 is 20.5 Å². The summed E-state index contributed by atoms with van der Waals surface area (Å²) in [6.07, 6.45) is 3.14. The molecule has 1 fully saturated rings. The highest BCUT2D eigenvalue weighted by Gasteiger charge is 2.31. The number of anilines is 1. The van der Waals surface area contributed by atoms with E-state index in [2.05, 4.69) is 35.8 Å². The summed E-state index contributed by atoms with van der Waals surface area (Å²) in [4.78, 5) is 24.3. The highest BCUT2D eigenvalue weighted by Crippen LogP contribution is 2.30. The Hall–Kier alpha value is -3.07. The standard InChI is InChI=1S/C7H6F2O.C7H7N3O2.C7H14O.C2H6/c1-10-6-4-2-3-5(8)7(6)9;8-7(12)6-3-5(10-4-11)1-2-9-6;1-6-4-5-8-7(6,2)3;1-2/h2-4H,1H3;1-4H,(H2,8,12)(H,9,10,11);6H,4-5H2,1-3H3;1-2H3. The van der Waals surface area contributed by atoms with Gasteiger partial charge in [0.25, 0.3) is 5.91 Å². The number of nitrogens with two attached hydrogens (primary N) is 1. The molecular weight excluding hydrogens is 420 g/mol. The number of amides is 2. The van der Waals surface area contributed by atoms with E-state index in [-0.39, 0.29) is 17.0 Å². The number of methoxy groups -OCH3 is 1. The summed E-state index contributed by atoms with van der Waals surface area (Å²) in [7, 11) is 1.29. The third-order valence-electron chi connectivity index (χ3n) is 4.59. The summed E-state index contributed by atoms with van der Waals surface area (Å²) in [6.45, 7) is 11.5. The quantitative estimate of drug-likeness (QED) is 0.660. The van der Waals surface area contributed by atoms with Crippen LogP contribution in [0.1, 0.15) is 51.5 Å². The number of primary amides is 1. The monoisotopic (exact) mass is 453 g/mol. The normalized spacial score (nSPS) is 15.4. The molecule has 0 bridgehead atoms. The van der Waals surface area contributed by atoms with Crippen LogP contribution in [0, 0.1) is 17.6 Å². The molecule has 1 atom stereocenters. The Bertz CT molecular complexity index is 848. The predicted molar refractivity (Wildman–Crippen MR) is 121 cm³/mol. The lowest BCUT2D eigenvalue weighted by molar-refractivity contribution is -0.105. The molecule has 1 unspecified atom stereocenters. The molecule has 0 saturated carbocycles. The SMILES string of the molecule is CC.CC1CCOC1(C)C.COc1cccc(F)c1F.NC(=O)c1cc(NC=O)ccn1. The zero-order valence-electron chi connectivity index (χ0n) is 19.4. The van der Waals surface area contributed by atoms with Crippen LogP contribution in [0.15, 0.2) is 36.5 Å². The molecule has 9 heteroatoms. The maximum Gasteiger partial charge on any atom is 0.267 e. The number of aromatic nitrogens is 1. The maximum absolute atomic E-state index is 12.5. The highest BCUT2D eigenvalue weighted by molar-refractivity contribution is 5.92. The number of carbonyl (C=O) groups is 2. The fourth-order valence-corrected chi connectivity index (χ4v) is 2.35. The van der Waals surface area contributed by atoms with E-state index in [1.54, 1.807) is 6.07 Å². The van der Waals surface area contributed by atoms with Crippen molar-refractivity contribution in [3.63, 3.8) is 0 Å². The number of benzene rings is 1. The van der Waals surface area contributed by atoms with Crippen molar-refractivity contribution in [2.24, 2.45) is 11.7 Å². The summed E-state index contributed by atoms with van der Waals surface area (Å²) in [5, 5.41) is 2.37. The fourth-order valence-electron chi connectivity index (χ4n) is 2.35. The van der Waals surface area contributed by atoms with Gasteiger partial charge in [-0.2, -0.15) is 4.39 Å². The van der Waals surface area contributed by atoms with E-state index in [9.17, 15) is 18.4 Å². The molecule has 178 valence electrons. The van der Waals surface area contributed by atoms with E-state index in [1.165, 1.54) is 37.9 Å². The Morgan fingerprint density at radius 1 is 1.31 bits per heavy atom. The molecule has 1 aromatic heterocycles. The van der Waals surface area contributed by atoms with Crippen LogP contribution in [0.3, 0.4) is 0 Å². The average Bonchev–Trinajstić information content (AvgIpc) is 3.09. The second kappa shape index (κ2) is 14.9. The summed E-state index contributed by atoms with van der Waals surface area (Å²) < 4.78 is 34.8. The number of ether oxygens (including phenoxy) is 2. The van der Waals surface area contributed by atoms with Crippen LogP contribution in [-0.2, 0) is 9.53 Å². The molecular formula is C23H33F2N3O4. The minimum absolute atomic E-state index is 0.0694. The van der Waals surface area contributed by atoms with Crippen molar-refractivity contribution < 1.29 is 27.8 Å². The van der Waals surface area contributed by atoms with E-state index < -0.39 is 17.5 Å². The molecule has 3 N–H and O–H groups in total. The summed E-state index contributed by atoms with van der Waals surface area (Å²) >= 11 is 0. The number of carbonyl (C=O) groups excluding carboxylic acids is 2.